The first-order chi connectivity index (χ1) is 14.8. The molecule has 0 aromatic rings. The van der Waals surface area contributed by atoms with Crippen LogP contribution in [0, 0.1) is 0 Å². The number of rotatable bonds is 18. The lowest BCUT2D eigenvalue weighted by Gasteiger charge is -2.49. The second-order valence-corrected chi connectivity index (χ2v) is 11.0. The summed E-state index contributed by atoms with van der Waals surface area (Å²) in [7, 11) is 0. The van der Waals surface area contributed by atoms with E-state index in [0.717, 1.165) is 25.7 Å². The average molecular weight is 440 g/mol. The molecule has 0 radical (unpaired) electrons. The summed E-state index contributed by atoms with van der Waals surface area (Å²) in [6.07, 6.45) is 23.6. The van der Waals surface area contributed by atoms with Gasteiger partial charge in [0.1, 0.15) is 0 Å². The number of piperidine rings is 1. The molecule has 0 aromatic heterocycles. The molecule has 1 aliphatic rings. The van der Waals surface area contributed by atoms with Crippen molar-refractivity contribution in [3.63, 3.8) is 0 Å². The van der Waals surface area contributed by atoms with Gasteiger partial charge in [-0.2, -0.15) is 0 Å². The molecule has 4 nitrogen and oxygen atoms in total. The lowest BCUT2D eigenvalue weighted by Crippen LogP contribution is -2.58. The van der Waals surface area contributed by atoms with Crippen LogP contribution in [0.15, 0.2) is 0 Å². The molecular formula is C27H53NO3. The van der Waals surface area contributed by atoms with Crippen molar-refractivity contribution in [2.45, 2.75) is 168 Å². The molecule has 0 aliphatic carbocycles. The number of unbranched alkanes of at least 4 members (excludes halogenated alkanes) is 14. The van der Waals surface area contributed by atoms with Crippen molar-refractivity contribution in [1.29, 1.82) is 0 Å². The van der Waals surface area contributed by atoms with E-state index in [1.807, 2.05) is 5.06 Å². The zero-order valence-electron chi connectivity index (χ0n) is 21.6. The Morgan fingerprint density at radius 1 is 0.677 bits per heavy atom. The molecule has 1 fully saturated rings. The standard InChI is InChI=1S/C27H53NO3/c1-6-7-8-9-10-11-12-13-14-15-16-17-18-19-20-22-25(29)30-31-28-26(2,3)23-21-24-27(28,4)5/h6-24H2,1-5H3. The molecular weight excluding hydrogens is 386 g/mol. The summed E-state index contributed by atoms with van der Waals surface area (Å²) >= 11 is 0. The highest BCUT2D eigenvalue weighted by Crippen LogP contribution is 2.38. The van der Waals surface area contributed by atoms with E-state index in [9.17, 15) is 4.79 Å². The van der Waals surface area contributed by atoms with E-state index in [2.05, 4.69) is 34.6 Å². The average Bonchev–Trinajstić information content (AvgIpc) is 2.69. The van der Waals surface area contributed by atoms with Gasteiger partial charge >= 0.3 is 5.97 Å². The minimum absolute atomic E-state index is 0.114. The van der Waals surface area contributed by atoms with Gasteiger partial charge in [-0.1, -0.05) is 102 Å². The highest BCUT2D eigenvalue weighted by atomic mass is 17.3. The first-order valence-electron chi connectivity index (χ1n) is 13.5. The quantitative estimate of drug-likeness (QED) is 0.122. The molecule has 0 aromatic carbocycles. The number of hydroxylamine groups is 2. The van der Waals surface area contributed by atoms with E-state index in [1.54, 1.807) is 0 Å². The minimum atomic E-state index is -0.244. The normalized spacial score (nSPS) is 18.2. The van der Waals surface area contributed by atoms with E-state index in [1.165, 1.54) is 89.9 Å². The maximum atomic E-state index is 12.1. The lowest BCUT2D eigenvalue weighted by molar-refractivity contribution is -0.450. The molecule has 0 saturated carbocycles. The molecule has 1 rings (SSSR count). The fourth-order valence-electron chi connectivity index (χ4n) is 4.94. The predicted octanol–water partition coefficient (Wildman–Crippen LogP) is 8.68. The molecule has 0 atom stereocenters. The van der Waals surface area contributed by atoms with Crippen LogP contribution in [0.4, 0.5) is 0 Å². The van der Waals surface area contributed by atoms with E-state index in [-0.39, 0.29) is 17.0 Å². The summed E-state index contributed by atoms with van der Waals surface area (Å²) in [5.41, 5.74) is -0.229. The van der Waals surface area contributed by atoms with Crippen molar-refractivity contribution < 1.29 is 14.7 Å². The molecule has 0 N–H and O–H groups in total. The van der Waals surface area contributed by atoms with Crippen LogP contribution in [-0.4, -0.2) is 22.1 Å². The Morgan fingerprint density at radius 2 is 1.06 bits per heavy atom. The van der Waals surface area contributed by atoms with Gasteiger partial charge in [0.25, 0.3) is 0 Å². The van der Waals surface area contributed by atoms with Crippen molar-refractivity contribution >= 4 is 5.97 Å². The Bertz CT molecular complexity index is 445. The van der Waals surface area contributed by atoms with E-state index >= 15 is 0 Å². The third-order valence-corrected chi connectivity index (χ3v) is 6.87. The van der Waals surface area contributed by atoms with Gasteiger partial charge in [-0.25, -0.2) is 4.79 Å². The molecule has 1 aliphatic heterocycles. The van der Waals surface area contributed by atoms with Gasteiger partial charge in [-0.15, -0.1) is 5.06 Å². The smallest absolute Gasteiger partial charge is 0.280 e. The third kappa shape index (κ3) is 12.9. The minimum Gasteiger partial charge on any atom is -0.280 e. The maximum Gasteiger partial charge on any atom is 0.344 e. The number of nitrogens with zero attached hydrogens (tertiary/aromatic N) is 1. The van der Waals surface area contributed by atoms with Gasteiger partial charge in [0, 0.05) is 17.5 Å². The Labute approximate surface area is 193 Å². The zero-order chi connectivity index (χ0) is 23.0. The van der Waals surface area contributed by atoms with E-state index in [4.69, 9.17) is 9.88 Å². The second-order valence-electron chi connectivity index (χ2n) is 11.0. The zero-order valence-corrected chi connectivity index (χ0v) is 21.6. The van der Waals surface area contributed by atoms with Crippen LogP contribution >= 0.6 is 0 Å². The summed E-state index contributed by atoms with van der Waals surface area (Å²) in [5.74, 6) is -0.244. The molecule has 0 bridgehead atoms. The first-order valence-corrected chi connectivity index (χ1v) is 13.5. The molecule has 0 spiro atoms. The Morgan fingerprint density at radius 3 is 1.48 bits per heavy atom. The molecule has 184 valence electrons. The molecule has 31 heavy (non-hydrogen) atoms. The van der Waals surface area contributed by atoms with Crippen molar-refractivity contribution in [3.05, 3.63) is 0 Å². The number of hydrogen-bond acceptors (Lipinski definition) is 4. The Hall–Kier alpha value is -0.610. The highest BCUT2D eigenvalue weighted by molar-refractivity contribution is 5.68. The molecule has 0 amide bonds. The molecule has 1 saturated heterocycles. The monoisotopic (exact) mass is 439 g/mol. The van der Waals surface area contributed by atoms with Crippen molar-refractivity contribution in [1.82, 2.24) is 5.06 Å². The summed E-state index contributed by atoms with van der Waals surface area (Å²) < 4.78 is 0. The number of carbonyl (C=O) groups is 1. The highest BCUT2D eigenvalue weighted by Gasteiger charge is 2.44. The van der Waals surface area contributed by atoms with Crippen LogP contribution in [0.1, 0.15) is 157 Å². The van der Waals surface area contributed by atoms with Crippen LogP contribution in [0.5, 0.6) is 0 Å². The molecule has 1 heterocycles. The fraction of sp³-hybridized carbons (Fsp3) is 0.963. The van der Waals surface area contributed by atoms with Gasteiger partial charge in [-0.3, -0.25) is 4.89 Å². The summed E-state index contributed by atoms with van der Waals surface area (Å²) in [4.78, 5) is 22.8. The van der Waals surface area contributed by atoms with Crippen LogP contribution in [0.25, 0.3) is 0 Å². The van der Waals surface area contributed by atoms with Crippen LogP contribution in [0.2, 0.25) is 0 Å². The van der Waals surface area contributed by atoms with E-state index in [0.29, 0.717) is 6.42 Å². The van der Waals surface area contributed by atoms with Gasteiger partial charge in [-0.05, 0) is 53.4 Å². The second kappa shape index (κ2) is 16.1. The Balaban J connectivity index is 1.93. The van der Waals surface area contributed by atoms with Crippen LogP contribution in [0.3, 0.4) is 0 Å². The van der Waals surface area contributed by atoms with Crippen LogP contribution in [-0.2, 0) is 14.7 Å². The van der Waals surface area contributed by atoms with Gasteiger partial charge in [0.15, 0.2) is 0 Å². The van der Waals surface area contributed by atoms with Crippen LogP contribution < -0.4 is 0 Å². The van der Waals surface area contributed by atoms with Gasteiger partial charge < -0.3 is 0 Å². The van der Waals surface area contributed by atoms with Gasteiger partial charge in [0.2, 0.25) is 0 Å². The largest absolute Gasteiger partial charge is 0.344 e. The predicted molar refractivity (Wildman–Crippen MR) is 131 cm³/mol. The molecule has 0 unspecified atom stereocenters. The first kappa shape index (κ1) is 28.4. The summed E-state index contributed by atoms with van der Waals surface area (Å²) in [6.45, 7) is 10.9. The van der Waals surface area contributed by atoms with E-state index < -0.39 is 0 Å². The SMILES string of the molecule is CCCCCCCCCCCCCCCCCC(=O)OON1C(C)(C)CCCC1(C)C. The number of carbonyl (C=O) groups excluding carboxylic acids is 1. The summed E-state index contributed by atoms with van der Waals surface area (Å²) in [6, 6.07) is 0. The number of hydrogen-bond donors (Lipinski definition) is 0. The third-order valence-electron chi connectivity index (χ3n) is 6.87. The lowest BCUT2D eigenvalue weighted by atomic mass is 9.82. The maximum absolute atomic E-state index is 12.1. The molecule has 4 heteroatoms. The topological polar surface area (TPSA) is 38.8 Å². The fourth-order valence-corrected chi connectivity index (χ4v) is 4.94. The van der Waals surface area contributed by atoms with Crippen molar-refractivity contribution in [3.8, 4) is 0 Å². The summed E-state index contributed by atoms with van der Waals surface area (Å²) in [5, 5.41) is 1.88. The van der Waals surface area contributed by atoms with Crippen molar-refractivity contribution in [2.24, 2.45) is 0 Å². The Kier molecular flexibility index (Phi) is 14.7. The van der Waals surface area contributed by atoms with Gasteiger partial charge in [0.05, 0.1) is 0 Å². The van der Waals surface area contributed by atoms with Crippen molar-refractivity contribution in [2.75, 3.05) is 0 Å².